The lowest BCUT2D eigenvalue weighted by molar-refractivity contribution is -0.126. The first-order valence-electron chi connectivity index (χ1n) is 4.38. The monoisotopic (exact) mass is 173 g/mol. The third-order valence-electron chi connectivity index (χ3n) is 2.04. The molecule has 0 rings (SSSR count). The van der Waals surface area contributed by atoms with E-state index < -0.39 is 0 Å². The van der Waals surface area contributed by atoms with Crippen molar-refractivity contribution in [1.29, 1.82) is 0 Å². The third-order valence-corrected chi connectivity index (χ3v) is 2.04. The minimum Gasteiger partial charge on any atom is -0.295 e. The van der Waals surface area contributed by atoms with Crippen LogP contribution in [0.15, 0.2) is 0 Å². The molecule has 0 aliphatic carbocycles. The number of amides is 1. The molecule has 0 saturated carbocycles. The van der Waals surface area contributed by atoms with E-state index in [4.69, 9.17) is 5.84 Å². The van der Waals surface area contributed by atoms with E-state index in [1.807, 2.05) is 18.9 Å². The number of nitrogens with zero attached hydrogens (tertiary/aromatic N) is 1. The molecule has 4 heteroatoms. The highest BCUT2D eigenvalue weighted by molar-refractivity contribution is 5.81. The summed E-state index contributed by atoms with van der Waals surface area (Å²) in [6, 6.07) is -0.0787. The topological polar surface area (TPSA) is 58.4 Å². The molecule has 0 radical (unpaired) electrons. The summed E-state index contributed by atoms with van der Waals surface area (Å²) in [5.74, 6) is 4.97. The molecule has 0 aliphatic heterocycles. The summed E-state index contributed by atoms with van der Waals surface area (Å²) >= 11 is 0. The van der Waals surface area contributed by atoms with E-state index in [2.05, 4.69) is 12.3 Å². The first-order valence-corrected chi connectivity index (χ1v) is 4.38. The molecule has 12 heavy (non-hydrogen) atoms. The normalized spacial score (nSPS) is 13.1. The Morgan fingerprint density at radius 2 is 2.17 bits per heavy atom. The van der Waals surface area contributed by atoms with Gasteiger partial charge in [0.25, 0.3) is 5.91 Å². The highest BCUT2D eigenvalue weighted by atomic mass is 16.2. The Kier molecular flexibility index (Phi) is 5.66. The van der Waals surface area contributed by atoms with Crippen molar-refractivity contribution in [3.63, 3.8) is 0 Å². The third kappa shape index (κ3) is 3.19. The van der Waals surface area contributed by atoms with E-state index in [0.29, 0.717) is 0 Å². The zero-order chi connectivity index (χ0) is 9.56. The van der Waals surface area contributed by atoms with Crippen LogP contribution in [0.5, 0.6) is 0 Å². The average Bonchev–Trinajstić information content (AvgIpc) is 2.11. The fraction of sp³-hybridized carbons (Fsp3) is 0.875. The van der Waals surface area contributed by atoms with Gasteiger partial charge in [0.2, 0.25) is 0 Å². The van der Waals surface area contributed by atoms with Crippen molar-refractivity contribution in [3.8, 4) is 0 Å². The lowest BCUT2D eigenvalue weighted by Crippen LogP contribution is -2.47. The molecule has 0 saturated heterocycles. The molecule has 0 spiro atoms. The molecule has 1 amide bonds. The second kappa shape index (κ2) is 5.97. The quantitative estimate of drug-likeness (QED) is 0.352. The first-order chi connectivity index (χ1) is 5.67. The van der Waals surface area contributed by atoms with Crippen LogP contribution in [0.4, 0.5) is 0 Å². The molecule has 0 aromatic heterocycles. The van der Waals surface area contributed by atoms with Crippen molar-refractivity contribution in [3.05, 3.63) is 0 Å². The predicted molar refractivity (Wildman–Crippen MR) is 49.3 cm³/mol. The van der Waals surface area contributed by atoms with E-state index in [0.717, 1.165) is 19.4 Å². The zero-order valence-electron chi connectivity index (χ0n) is 8.13. The lowest BCUT2D eigenvalue weighted by atomic mass is 10.1. The SMILES string of the molecule is CCCC(C(=O)NN)N(C)CC. The number of hydrogen-bond acceptors (Lipinski definition) is 3. The fourth-order valence-corrected chi connectivity index (χ4v) is 1.14. The van der Waals surface area contributed by atoms with Gasteiger partial charge in [0.05, 0.1) is 6.04 Å². The minimum absolute atomic E-state index is 0.0787. The van der Waals surface area contributed by atoms with Gasteiger partial charge in [0.1, 0.15) is 0 Å². The van der Waals surface area contributed by atoms with Gasteiger partial charge in [-0.1, -0.05) is 20.3 Å². The molecular formula is C8H19N3O. The Balaban J connectivity index is 4.11. The summed E-state index contributed by atoms with van der Waals surface area (Å²) in [6.07, 6.45) is 1.84. The Labute approximate surface area is 74.1 Å². The Hall–Kier alpha value is -0.610. The van der Waals surface area contributed by atoms with Crippen molar-refractivity contribution < 1.29 is 4.79 Å². The van der Waals surface area contributed by atoms with Crippen LogP contribution in [0.25, 0.3) is 0 Å². The van der Waals surface area contributed by atoms with E-state index in [-0.39, 0.29) is 11.9 Å². The van der Waals surface area contributed by atoms with Gasteiger partial charge in [0, 0.05) is 0 Å². The molecule has 1 atom stereocenters. The summed E-state index contributed by atoms with van der Waals surface area (Å²) in [4.78, 5) is 13.2. The van der Waals surface area contributed by atoms with Crippen molar-refractivity contribution in [2.24, 2.45) is 5.84 Å². The first kappa shape index (κ1) is 11.4. The maximum Gasteiger partial charge on any atom is 0.251 e. The van der Waals surface area contributed by atoms with Gasteiger partial charge in [0.15, 0.2) is 0 Å². The molecule has 3 N–H and O–H groups in total. The number of likely N-dealkylation sites (N-methyl/N-ethyl adjacent to an activating group) is 1. The van der Waals surface area contributed by atoms with Crippen LogP contribution < -0.4 is 11.3 Å². The summed E-state index contributed by atoms with van der Waals surface area (Å²) in [7, 11) is 1.93. The lowest BCUT2D eigenvalue weighted by Gasteiger charge is -2.24. The van der Waals surface area contributed by atoms with Crippen molar-refractivity contribution in [1.82, 2.24) is 10.3 Å². The number of carbonyl (C=O) groups is 1. The molecule has 1 unspecified atom stereocenters. The highest BCUT2D eigenvalue weighted by Gasteiger charge is 2.19. The Morgan fingerprint density at radius 1 is 1.58 bits per heavy atom. The standard InChI is InChI=1S/C8H19N3O/c1-4-6-7(8(12)10-9)11(3)5-2/h7H,4-6,9H2,1-3H3,(H,10,12). The molecule has 0 bridgehead atoms. The number of nitrogens with two attached hydrogens (primary N) is 1. The maximum absolute atomic E-state index is 11.2. The van der Waals surface area contributed by atoms with Crippen LogP contribution in [0.1, 0.15) is 26.7 Å². The van der Waals surface area contributed by atoms with Crippen molar-refractivity contribution in [2.45, 2.75) is 32.7 Å². The molecular weight excluding hydrogens is 154 g/mol. The number of carbonyl (C=O) groups excluding carboxylic acids is 1. The van der Waals surface area contributed by atoms with Gasteiger partial charge < -0.3 is 0 Å². The minimum atomic E-state index is -0.0961. The maximum atomic E-state index is 11.2. The number of hydrogen-bond donors (Lipinski definition) is 2. The van der Waals surface area contributed by atoms with Gasteiger partial charge in [-0.05, 0) is 20.0 Å². The van der Waals surface area contributed by atoms with E-state index in [1.54, 1.807) is 0 Å². The van der Waals surface area contributed by atoms with Gasteiger partial charge in [-0.25, -0.2) is 5.84 Å². The van der Waals surface area contributed by atoms with Crippen LogP contribution in [-0.4, -0.2) is 30.4 Å². The van der Waals surface area contributed by atoms with Crippen LogP contribution in [0, 0.1) is 0 Å². The van der Waals surface area contributed by atoms with Crippen LogP contribution in [0.3, 0.4) is 0 Å². The highest BCUT2D eigenvalue weighted by Crippen LogP contribution is 2.04. The largest absolute Gasteiger partial charge is 0.295 e. The molecule has 4 nitrogen and oxygen atoms in total. The summed E-state index contributed by atoms with van der Waals surface area (Å²) in [6.45, 7) is 4.94. The van der Waals surface area contributed by atoms with Gasteiger partial charge in [-0.3, -0.25) is 15.1 Å². The number of hydrazine groups is 1. The average molecular weight is 173 g/mol. The van der Waals surface area contributed by atoms with Crippen molar-refractivity contribution in [2.75, 3.05) is 13.6 Å². The van der Waals surface area contributed by atoms with E-state index >= 15 is 0 Å². The van der Waals surface area contributed by atoms with E-state index in [9.17, 15) is 4.79 Å². The Bertz CT molecular complexity index is 138. The van der Waals surface area contributed by atoms with Crippen molar-refractivity contribution >= 4 is 5.91 Å². The summed E-state index contributed by atoms with van der Waals surface area (Å²) in [5.41, 5.74) is 2.18. The van der Waals surface area contributed by atoms with Gasteiger partial charge >= 0.3 is 0 Å². The summed E-state index contributed by atoms with van der Waals surface area (Å²) in [5, 5.41) is 0. The smallest absolute Gasteiger partial charge is 0.251 e. The number of rotatable bonds is 5. The van der Waals surface area contributed by atoms with E-state index in [1.165, 1.54) is 0 Å². The zero-order valence-corrected chi connectivity index (χ0v) is 8.13. The Morgan fingerprint density at radius 3 is 2.50 bits per heavy atom. The van der Waals surface area contributed by atoms with Crippen LogP contribution >= 0.6 is 0 Å². The molecule has 72 valence electrons. The van der Waals surface area contributed by atoms with Gasteiger partial charge in [-0.2, -0.15) is 0 Å². The molecule has 0 heterocycles. The van der Waals surface area contributed by atoms with Crippen LogP contribution in [-0.2, 0) is 4.79 Å². The molecule has 0 aromatic rings. The van der Waals surface area contributed by atoms with Gasteiger partial charge in [-0.15, -0.1) is 0 Å². The second-order valence-corrected chi connectivity index (χ2v) is 2.89. The predicted octanol–water partition coefficient (Wildman–Crippen LogP) is 0.0967. The molecule has 0 aromatic carbocycles. The second-order valence-electron chi connectivity index (χ2n) is 2.89. The van der Waals surface area contributed by atoms with Crippen LogP contribution in [0.2, 0.25) is 0 Å². The number of nitrogens with one attached hydrogen (secondary N) is 1. The molecule has 0 aliphatic rings. The molecule has 0 fully saturated rings. The summed E-state index contributed by atoms with van der Waals surface area (Å²) < 4.78 is 0. The fourth-order valence-electron chi connectivity index (χ4n) is 1.14.